The van der Waals surface area contributed by atoms with E-state index in [1.807, 2.05) is 32.0 Å². The van der Waals surface area contributed by atoms with Crippen LogP contribution < -0.4 is 0 Å². The lowest BCUT2D eigenvalue weighted by molar-refractivity contribution is -0.137. The minimum absolute atomic E-state index is 0.206. The number of ether oxygens (including phenoxy) is 2. The molecule has 10 nitrogen and oxygen atoms in total. The Morgan fingerprint density at radius 2 is 2.03 bits per heavy atom. The zero-order valence-corrected chi connectivity index (χ0v) is 19.1. The van der Waals surface area contributed by atoms with Crippen molar-refractivity contribution in [1.29, 1.82) is 0 Å². The number of esters is 1. The van der Waals surface area contributed by atoms with Crippen LogP contribution >= 0.6 is 0 Å². The molecule has 3 aliphatic heterocycles. The van der Waals surface area contributed by atoms with E-state index in [0.29, 0.717) is 25.3 Å². The molecule has 176 valence electrons. The van der Waals surface area contributed by atoms with E-state index in [4.69, 9.17) is 9.47 Å². The quantitative estimate of drug-likeness (QED) is 0.662. The molecule has 0 saturated carbocycles. The van der Waals surface area contributed by atoms with Crippen LogP contribution in [0.2, 0.25) is 0 Å². The van der Waals surface area contributed by atoms with Crippen molar-refractivity contribution in [1.82, 2.24) is 30.0 Å². The van der Waals surface area contributed by atoms with Crippen LogP contribution in [-0.4, -0.2) is 92.6 Å². The standard InChI is InChI=1S/C23H30N6O4/c1-16-11-18(29-15-24-25-26-29)3-4-19(16)21(30)12-27-7-5-23(6-8-27)14-28(9-10-33-23)20-13-32-22(31)17(20)2/h3-4,11,15,21,30H,5-10,12-14H2,1-2H3. The SMILES string of the molecule is CC1=C(N2CCOC3(CCN(CC(O)c4ccc(-n5cnnn5)cc4C)CC3)C2)COC1=O. The lowest BCUT2D eigenvalue weighted by atomic mass is 9.88. The molecular weight excluding hydrogens is 424 g/mol. The lowest BCUT2D eigenvalue weighted by Crippen LogP contribution is -2.57. The maximum absolute atomic E-state index is 11.8. The van der Waals surface area contributed by atoms with Gasteiger partial charge in [-0.1, -0.05) is 6.07 Å². The van der Waals surface area contributed by atoms with Gasteiger partial charge in [-0.25, -0.2) is 9.48 Å². The van der Waals surface area contributed by atoms with Crippen molar-refractivity contribution >= 4 is 5.97 Å². The van der Waals surface area contributed by atoms with Crippen molar-refractivity contribution in [2.75, 3.05) is 45.9 Å². The van der Waals surface area contributed by atoms with E-state index in [1.165, 1.54) is 0 Å². The Labute approximate surface area is 192 Å². The van der Waals surface area contributed by atoms with Gasteiger partial charge in [0, 0.05) is 32.7 Å². The summed E-state index contributed by atoms with van der Waals surface area (Å²) in [6.45, 7) is 8.73. The van der Waals surface area contributed by atoms with E-state index in [9.17, 15) is 9.90 Å². The summed E-state index contributed by atoms with van der Waals surface area (Å²) < 4.78 is 13.1. The monoisotopic (exact) mass is 454 g/mol. The van der Waals surface area contributed by atoms with Crippen molar-refractivity contribution in [3.8, 4) is 5.69 Å². The predicted octanol–water partition coefficient (Wildman–Crippen LogP) is 1.00. The number of cyclic esters (lactones) is 1. The first kappa shape index (κ1) is 22.0. The summed E-state index contributed by atoms with van der Waals surface area (Å²) >= 11 is 0. The maximum atomic E-state index is 11.8. The fourth-order valence-electron chi connectivity index (χ4n) is 5.12. The molecule has 33 heavy (non-hydrogen) atoms. The number of aryl methyl sites for hydroxylation is 1. The van der Waals surface area contributed by atoms with Gasteiger partial charge in [-0.05, 0) is 60.4 Å². The van der Waals surface area contributed by atoms with Gasteiger partial charge in [-0.3, -0.25) is 0 Å². The highest BCUT2D eigenvalue weighted by Gasteiger charge is 2.41. The first-order valence-corrected chi connectivity index (χ1v) is 11.4. The Hall–Kier alpha value is -2.82. The number of nitrogens with zero attached hydrogens (tertiary/aromatic N) is 6. The van der Waals surface area contributed by atoms with Gasteiger partial charge >= 0.3 is 5.97 Å². The number of piperidine rings is 1. The van der Waals surface area contributed by atoms with Gasteiger partial charge in [-0.2, -0.15) is 0 Å². The van der Waals surface area contributed by atoms with Crippen LogP contribution in [0.15, 0.2) is 35.8 Å². The molecule has 0 amide bonds. The Bertz CT molecular complexity index is 1050. The molecule has 3 aliphatic rings. The van der Waals surface area contributed by atoms with Crippen LogP contribution in [0.5, 0.6) is 0 Å². The van der Waals surface area contributed by atoms with Crippen molar-refractivity contribution in [2.45, 2.75) is 38.4 Å². The van der Waals surface area contributed by atoms with Gasteiger partial charge in [0.05, 0.1) is 35.3 Å². The average Bonchev–Trinajstić information content (AvgIpc) is 3.46. The number of aliphatic hydroxyl groups excluding tert-OH is 1. The highest BCUT2D eigenvalue weighted by molar-refractivity contribution is 5.90. The number of hydrogen-bond donors (Lipinski definition) is 1. The van der Waals surface area contributed by atoms with E-state index >= 15 is 0 Å². The van der Waals surface area contributed by atoms with Gasteiger partial charge in [0.1, 0.15) is 12.9 Å². The Kier molecular flexibility index (Phi) is 5.90. The predicted molar refractivity (Wildman–Crippen MR) is 118 cm³/mol. The Morgan fingerprint density at radius 1 is 1.21 bits per heavy atom. The first-order valence-electron chi connectivity index (χ1n) is 11.4. The van der Waals surface area contributed by atoms with Crippen LogP contribution in [-0.2, 0) is 14.3 Å². The van der Waals surface area contributed by atoms with E-state index in [1.54, 1.807) is 11.0 Å². The van der Waals surface area contributed by atoms with Gasteiger partial charge in [0.25, 0.3) is 0 Å². The van der Waals surface area contributed by atoms with Crippen molar-refractivity contribution in [2.24, 2.45) is 0 Å². The third-order valence-corrected chi connectivity index (χ3v) is 7.13. The topological polar surface area (TPSA) is 106 Å². The van der Waals surface area contributed by atoms with Gasteiger partial charge in [0.15, 0.2) is 0 Å². The number of β-amino-alcohol motifs (C(OH)–C–C–N with tert-alkyl or cyclic N) is 1. The van der Waals surface area contributed by atoms with Gasteiger partial charge in [-0.15, -0.1) is 5.10 Å². The third kappa shape index (κ3) is 4.38. The summed E-state index contributed by atoms with van der Waals surface area (Å²) in [4.78, 5) is 16.4. The van der Waals surface area contributed by atoms with Gasteiger partial charge in [0.2, 0.25) is 0 Å². The molecule has 1 spiro atoms. The van der Waals surface area contributed by atoms with E-state index in [0.717, 1.165) is 61.5 Å². The highest BCUT2D eigenvalue weighted by Crippen LogP contribution is 2.34. The molecular formula is C23H30N6O4. The number of morpholine rings is 1. The van der Waals surface area contributed by atoms with Crippen molar-refractivity contribution in [3.05, 3.63) is 46.9 Å². The molecule has 0 bridgehead atoms. The molecule has 1 atom stereocenters. The number of aromatic nitrogens is 4. The van der Waals surface area contributed by atoms with E-state index < -0.39 is 6.10 Å². The molecule has 1 aromatic heterocycles. The molecule has 0 radical (unpaired) electrons. The number of hydrogen-bond acceptors (Lipinski definition) is 9. The summed E-state index contributed by atoms with van der Waals surface area (Å²) in [6, 6.07) is 5.86. The molecule has 2 aromatic rings. The van der Waals surface area contributed by atoms with Crippen LogP contribution in [0.3, 0.4) is 0 Å². The van der Waals surface area contributed by atoms with Crippen molar-refractivity contribution < 1.29 is 19.4 Å². The van der Waals surface area contributed by atoms with E-state index in [2.05, 4.69) is 25.3 Å². The zero-order chi connectivity index (χ0) is 23.0. The summed E-state index contributed by atoms with van der Waals surface area (Å²) in [5.41, 5.74) is 4.30. The lowest BCUT2D eigenvalue weighted by Gasteiger charge is -2.48. The van der Waals surface area contributed by atoms with Crippen LogP contribution in [0.25, 0.3) is 5.69 Å². The molecule has 2 fully saturated rings. The van der Waals surface area contributed by atoms with Crippen LogP contribution in [0, 0.1) is 6.92 Å². The number of aliphatic hydroxyl groups is 1. The summed E-state index contributed by atoms with van der Waals surface area (Å²) in [5.74, 6) is -0.212. The second kappa shape index (κ2) is 8.85. The number of carbonyl (C=O) groups is 1. The molecule has 4 heterocycles. The fraction of sp³-hybridized carbons (Fsp3) is 0.565. The fourth-order valence-corrected chi connectivity index (χ4v) is 5.12. The number of rotatable bonds is 5. The third-order valence-electron chi connectivity index (χ3n) is 7.13. The summed E-state index contributed by atoms with van der Waals surface area (Å²) in [5, 5.41) is 22.2. The molecule has 0 aliphatic carbocycles. The Balaban J connectivity index is 1.19. The summed E-state index contributed by atoms with van der Waals surface area (Å²) in [7, 11) is 0. The minimum atomic E-state index is -0.569. The highest BCUT2D eigenvalue weighted by atomic mass is 16.5. The molecule has 1 aromatic carbocycles. The van der Waals surface area contributed by atoms with Gasteiger partial charge < -0.3 is 24.4 Å². The average molecular weight is 455 g/mol. The first-order chi connectivity index (χ1) is 15.9. The van der Waals surface area contributed by atoms with Crippen molar-refractivity contribution in [3.63, 3.8) is 0 Å². The largest absolute Gasteiger partial charge is 0.456 e. The Morgan fingerprint density at radius 3 is 2.70 bits per heavy atom. The molecule has 5 rings (SSSR count). The number of carbonyl (C=O) groups excluding carboxylic acids is 1. The maximum Gasteiger partial charge on any atom is 0.335 e. The molecule has 1 unspecified atom stereocenters. The van der Waals surface area contributed by atoms with E-state index in [-0.39, 0.29) is 11.6 Å². The zero-order valence-electron chi connectivity index (χ0n) is 19.1. The molecule has 1 N–H and O–H groups in total. The molecule has 2 saturated heterocycles. The second-order valence-corrected chi connectivity index (χ2v) is 9.21. The molecule has 10 heteroatoms. The normalized spacial score (nSPS) is 22.2. The second-order valence-electron chi connectivity index (χ2n) is 9.21. The number of likely N-dealkylation sites (tertiary alicyclic amines) is 1. The minimum Gasteiger partial charge on any atom is -0.456 e. The van der Waals surface area contributed by atoms with Crippen LogP contribution in [0.1, 0.15) is 37.0 Å². The summed E-state index contributed by atoms with van der Waals surface area (Å²) in [6.07, 6.45) is 2.78. The van der Waals surface area contributed by atoms with Crippen LogP contribution in [0.4, 0.5) is 0 Å². The number of tetrazole rings is 1. The number of benzene rings is 1. The smallest absolute Gasteiger partial charge is 0.335 e.